The van der Waals surface area contributed by atoms with E-state index in [0.29, 0.717) is 6.42 Å². The van der Waals surface area contributed by atoms with E-state index in [1.54, 1.807) is 0 Å². The summed E-state index contributed by atoms with van der Waals surface area (Å²) in [5.41, 5.74) is 2.69. The fourth-order valence-electron chi connectivity index (χ4n) is 3.67. The molecule has 1 aliphatic heterocycles. The summed E-state index contributed by atoms with van der Waals surface area (Å²) in [4.78, 5) is 23.7. The number of hydrogen-bond donors (Lipinski definition) is 2. The topological polar surface area (TPSA) is 70.2 Å². The lowest BCUT2D eigenvalue weighted by atomic mass is 10.1. The van der Waals surface area contributed by atoms with E-state index in [9.17, 15) is 4.79 Å². The van der Waals surface area contributed by atoms with Gasteiger partial charge in [-0.25, -0.2) is 9.97 Å². The van der Waals surface area contributed by atoms with Gasteiger partial charge in [-0.15, -0.1) is 0 Å². The predicted molar refractivity (Wildman–Crippen MR) is 121 cm³/mol. The highest BCUT2D eigenvalue weighted by molar-refractivity contribution is 5.92. The number of hydrogen-bond acceptors (Lipinski definition) is 5. The van der Waals surface area contributed by atoms with E-state index in [0.717, 1.165) is 47.5 Å². The van der Waals surface area contributed by atoms with Crippen LogP contribution in [0, 0.1) is 6.92 Å². The summed E-state index contributed by atoms with van der Waals surface area (Å²) in [6, 6.07) is 19.4. The molecule has 154 valence electrons. The molecule has 6 heteroatoms. The number of carbonyl (C=O) groups excluding carboxylic acids is 1. The third-order valence-electron chi connectivity index (χ3n) is 5.15. The van der Waals surface area contributed by atoms with E-state index in [2.05, 4.69) is 25.5 Å². The van der Waals surface area contributed by atoms with Crippen LogP contribution in [0.25, 0.3) is 0 Å². The van der Waals surface area contributed by atoms with Gasteiger partial charge in [-0.05, 0) is 56.0 Å². The molecule has 0 atom stereocenters. The van der Waals surface area contributed by atoms with Crippen molar-refractivity contribution in [2.24, 2.45) is 0 Å². The quantitative estimate of drug-likeness (QED) is 0.626. The van der Waals surface area contributed by atoms with Gasteiger partial charge in [0.15, 0.2) is 0 Å². The van der Waals surface area contributed by atoms with Crippen molar-refractivity contribution in [2.75, 3.05) is 28.6 Å². The minimum Gasteiger partial charge on any atom is -0.356 e. The number of amides is 1. The second-order valence-electron chi connectivity index (χ2n) is 7.62. The van der Waals surface area contributed by atoms with Gasteiger partial charge < -0.3 is 15.5 Å². The van der Waals surface area contributed by atoms with E-state index in [-0.39, 0.29) is 5.91 Å². The number of piperidine rings is 1. The molecule has 0 saturated carbocycles. The number of rotatable bonds is 6. The van der Waals surface area contributed by atoms with Crippen LogP contribution in [0.4, 0.5) is 23.0 Å². The lowest BCUT2D eigenvalue weighted by molar-refractivity contribution is -0.115. The Balaban J connectivity index is 1.38. The Hall–Kier alpha value is -3.41. The number of aryl methyl sites for hydroxylation is 1. The molecular formula is C24H27N5O. The summed E-state index contributed by atoms with van der Waals surface area (Å²) in [7, 11) is 0. The van der Waals surface area contributed by atoms with Crippen LogP contribution in [0.2, 0.25) is 0 Å². The van der Waals surface area contributed by atoms with Crippen LogP contribution in [0.15, 0.2) is 60.7 Å². The average Bonchev–Trinajstić information content (AvgIpc) is 2.76. The van der Waals surface area contributed by atoms with Crippen molar-refractivity contribution in [3.63, 3.8) is 0 Å². The van der Waals surface area contributed by atoms with Gasteiger partial charge in [0.2, 0.25) is 5.91 Å². The number of aromatic nitrogens is 2. The zero-order valence-electron chi connectivity index (χ0n) is 17.3. The molecule has 0 aliphatic carbocycles. The molecule has 2 aromatic carbocycles. The summed E-state index contributed by atoms with van der Waals surface area (Å²) >= 11 is 0. The van der Waals surface area contributed by atoms with Gasteiger partial charge >= 0.3 is 0 Å². The van der Waals surface area contributed by atoms with Gasteiger partial charge in [0.1, 0.15) is 17.5 Å². The van der Waals surface area contributed by atoms with Crippen LogP contribution in [0.3, 0.4) is 0 Å². The van der Waals surface area contributed by atoms with Gasteiger partial charge in [-0.3, -0.25) is 4.79 Å². The number of nitrogens with one attached hydrogen (secondary N) is 2. The van der Waals surface area contributed by atoms with Crippen LogP contribution in [0.5, 0.6) is 0 Å². The zero-order chi connectivity index (χ0) is 20.8. The smallest absolute Gasteiger partial charge is 0.228 e. The molecule has 1 aliphatic rings. The van der Waals surface area contributed by atoms with E-state index >= 15 is 0 Å². The summed E-state index contributed by atoms with van der Waals surface area (Å²) in [6.45, 7) is 4.02. The molecule has 2 heterocycles. The maximum absolute atomic E-state index is 12.2. The third kappa shape index (κ3) is 5.35. The fourth-order valence-corrected chi connectivity index (χ4v) is 3.67. The Morgan fingerprint density at radius 1 is 0.933 bits per heavy atom. The van der Waals surface area contributed by atoms with Crippen LogP contribution in [0.1, 0.15) is 30.7 Å². The fraction of sp³-hybridized carbons (Fsp3) is 0.292. The predicted octanol–water partition coefficient (Wildman–Crippen LogP) is 4.70. The van der Waals surface area contributed by atoms with E-state index < -0.39 is 0 Å². The van der Waals surface area contributed by atoms with Crippen molar-refractivity contribution >= 4 is 28.9 Å². The Bertz CT molecular complexity index is 982. The summed E-state index contributed by atoms with van der Waals surface area (Å²) in [5.74, 6) is 2.49. The first-order chi connectivity index (χ1) is 14.7. The molecule has 3 aromatic rings. The molecule has 1 fully saturated rings. The van der Waals surface area contributed by atoms with Gasteiger partial charge in [0.25, 0.3) is 0 Å². The molecule has 0 unspecified atom stereocenters. The lowest BCUT2D eigenvalue weighted by Crippen LogP contribution is -2.30. The highest BCUT2D eigenvalue weighted by Gasteiger charge is 2.14. The van der Waals surface area contributed by atoms with Crippen molar-refractivity contribution < 1.29 is 4.79 Å². The molecule has 0 radical (unpaired) electrons. The number of carbonyl (C=O) groups is 1. The Morgan fingerprint density at radius 2 is 1.63 bits per heavy atom. The number of anilines is 4. The molecule has 0 bridgehead atoms. The van der Waals surface area contributed by atoms with Crippen molar-refractivity contribution in [3.8, 4) is 0 Å². The number of benzene rings is 2. The van der Waals surface area contributed by atoms with Crippen LogP contribution >= 0.6 is 0 Å². The molecule has 1 saturated heterocycles. The normalized spacial score (nSPS) is 13.7. The van der Waals surface area contributed by atoms with Gasteiger partial charge in [-0.1, -0.05) is 30.3 Å². The van der Waals surface area contributed by atoms with Crippen molar-refractivity contribution in [3.05, 3.63) is 72.1 Å². The molecule has 30 heavy (non-hydrogen) atoms. The molecule has 1 amide bonds. The molecule has 4 rings (SSSR count). The van der Waals surface area contributed by atoms with E-state index in [4.69, 9.17) is 0 Å². The standard InChI is InChI=1S/C24H27N5O/c1-18-25-22(17-23(26-18)29-14-6-3-7-15-29)27-20-10-12-21(13-11-20)28-24(30)16-19-8-4-2-5-9-19/h2,4-5,8-13,17H,3,6-7,14-16H2,1H3,(H,28,30)(H,25,26,27). The Labute approximate surface area is 177 Å². The second-order valence-corrected chi connectivity index (χ2v) is 7.62. The minimum absolute atomic E-state index is 0.0282. The molecular weight excluding hydrogens is 374 g/mol. The van der Waals surface area contributed by atoms with Gasteiger partial charge in [0.05, 0.1) is 6.42 Å². The maximum Gasteiger partial charge on any atom is 0.228 e. The zero-order valence-corrected chi connectivity index (χ0v) is 17.3. The molecule has 1 aromatic heterocycles. The molecule has 6 nitrogen and oxygen atoms in total. The Morgan fingerprint density at radius 3 is 2.37 bits per heavy atom. The molecule has 2 N–H and O–H groups in total. The van der Waals surface area contributed by atoms with Crippen LogP contribution in [-0.4, -0.2) is 29.0 Å². The summed E-state index contributed by atoms with van der Waals surface area (Å²) < 4.78 is 0. The highest BCUT2D eigenvalue weighted by Crippen LogP contribution is 2.23. The van der Waals surface area contributed by atoms with Crippen molar-refractivity contribution in [1.82, 2.24) is 9.97 Å². The first-order valence-electron chi connectivity index (χ1n) is 10.5. The highest BCUT2D eigenvalue weighted by atomic mass is 16.1. The second kappa shape index (κ2) is 9.39. The minimum atomic E-state index is -0.0282. The molecule has 0 spiro atoms. The van der Waals surface area contributed by atoms with Crippen LogP contribution in [-0.2, 0) is 11.2 Å². The lowest BCUT2D eigenvalue weighted by Gasteiger charge is -2.28. The van der Waals surface area contributed by atoms with Crippen molar-refractivity contribution in [1.29, 1.82) is 0 Å². The Kier molecular flexibility index (Phi) is 6.23. The summed E-state index contributed by atoms with van der Waals surface area (Å²) in [6.07, 6.45) is 4.08. The first kappa shape index (κ1) is 19.9. The summed E-state index contributed by atoms with van der Waals surface area (Å²) in [5, 5.41) is 6.30. The SMILES string of the molecule is Cc1nc(Nc2ccc(NC(=O)Cc3ccccc3)cc2)cc(N2CCCCC2)n1. The van der Waals surface area contributed by atoms with Gasteiger partial charge in [-0.2, -0.15) is 0 Å². The number of nitrogens with zero attached hydrogens (tertiary/aromatic N) is 3. The maximum atomic E-state index is 12.2. The van der Waals surface area contributed by atoms with Crippen LogP contribution < -0.4 is 15.5 Å². The first-order valence-corrected chi connectivity index (χ1v) is 10.5. The third-order valence-corrected chi connectivity index (χ3v) is 5.15. The average molecular weight is 402 g/mol. The van der Waals surface area contributed by atoms with E-state index in [1.807, 2.05) is 67.6 Å². The van der Waals surface area contributed by atoms with Gasteiger partial charge in [0, 0.05) is 30.5 Å². The van der Waals surface area contributed by atoms with Crippen molar-refractivity contribution in [2.45, 2.75) is 32.6 Å². The van der Waals surface area contributed by atoms with E-state index in [1.165, 1.54) is 19.3 Å². The largest absolute Gasteiger partial charge is 0.356 e. The monoisotopic (exact) mass is 401 g/mol.